The number of benzene rings is 2. The number of aromatic nitrogens is 8. The van der Waals surface area contributed by atoms with Crippen LogP contribution in [0.3, 0.4) is 0 Å². The van der Waals surface area contributed by atoms with E-state index in [9.17, 15) is 0 Å². The summed E-state index contributed by atoms with van der Waals surface area (Å²) >= 11 is 0. The standard InChI is InChI=1S/C40H26N8O2/c1-49-32-11-9-29-35(47-32)25-14-17-43-37(38(25)44-29)26-19-22(18-21-6-3-4-7-23(21)26)31-20-27-36-30(10-12-33(48-36)50-2)45-40(27)39(46-31)24-13-16-41-28-8-5-15-42-34(24)28/h3-20,44-45H,1-2H3. The Hall–Kier alpha value is -6.94. The largest absolute Gasteiger partial charge is 0.481 e. The number of nitrogens with one attached hydrogen (secondary N) is 2. The topological polar surface area (TPSA) is 127 Å². The van der Waals surface area contributed by atoms with E-state index in [2.05, 4.69) is 57.4 Å². The summed E-state index contributed by atoms with van der Waals surface area (Å²) in [5.74, 6) is 1.09. The number of ether oxygens (including phenoxy) is 2. The summed E-state index contributed by atoms with van der Waals surface area (Å²) in [6.07, 6.45) is 5.42. The number of rotatable bonds is 5. The summed E-state index contributed by atoms with van der Waals surface area (Å²) < 4.78 is 11.0. The second kappa shape index (κ2) is 10.8. The molecule has 50 heavy (non-hydrogen) atoms. The molecule has 10 nitrogen and oxygen atoms in total. The highest BCUT2D eigenvalue weighted by atomic mass is 16.5. The van der Waals surface area contributed by atoms with Crippen LogP contribution in [0.2, 0.25) is 0 Å². The van der Waals surface area contributed by atoms with Gasteiger partial charge in [-0.1, -0.05) is 24.3 Å². The van der Waals surface area contributed by atoms with Gasteiger partial charge in [-0.15, -0.1) is 0 Å². The first-order valence-electron chi connectivity index (χ1n) is 16.1. The summed E-state index contributed by atoms with van der Waals surface area (Å²) in [6.45, 7) is 0. The minimum absolute atomic E-state index is 0.534. The van der Waals surface area contributed by atoms with Gasteiger partial charge >= 0.3 is 0 Å². The lowest BCUT2D eigenvalue weighted by Gasteiger charge is -2.13. The van der Waals surface area contributed by atoms with Crippen molar-refractivity contribution in [1.82, 2.24) is 39.9 Å². The summed E-state index contributed by atoms with van der Waals surface area (Å²) in [6, 6.07) is 30.3. The summed E-state index contributed by atoms with van der Waals surface area (Å²) in [4.78, 5) is 36.4. The maximum absolute atomic E-state index is 5.53. The lowest BCUT2D eigenvalue weighted by atomic mass is 9.95. The summed E-state index contributed by atoms with van der Waals surface area (Å²) in [5.41, 5.74) is 11.9. The number of aromatic amines is 2. The molecule has 0 amide bonds. The molecule has 0 aliphatic rings. The van der Waals surface area contributed by atoms with Gasteiger partial charge in [0.2, 0.25) is 11.8 Å². The molecule has 10 heteroatoms. The Labute approximate surface area is 283 Å². The molecule has 0 aliphatic carbocycles. The van der Waals surface area contributed by atoms with Crippen molar-refractivity contribution in [3.05, 3.63) is 110 Å². The fourth-order valence-electron chi connectivity index (χ4n) is 7.01. The molecule has 0 bridgehead atoms. The van der Waals surface area contributed by atoms with Crippen LogP contribution in [0.5, 0.6) is 11.8 Å². The van der Waals surface area contributed by atoms with Gasteiger partial charge in [0.25, 0.3) is 0 Å². The van der Waals surface area contributed by atoms with Crippen LogP contribution in [0.25, 0.3) is 99.5 Å². The molecule has 8 heterocycles. The van der Waals surface area contributed by atoms with Crippen molar-refractivity contribution < 1.29 is 9.47 Å². The molecule has 0 spiro atoms. The molecule has 0 radical (unpaired) electrons. The van der Waals surface area contributed by atoms with E-state index in [1.165, 1.54) is 0 Å². The average molecular weight is 651 g/mol. The Morgan fingerprint density at radius 2 is 1.26 bits per heavy atom. The van der Waals surface area contributed by atoms with Gasteiger partial charge in [0, 0.05) is 58.2 Å². The van der Waals surface area contributed by atoms with Crippen LogP contribution >= 0.6 is 0 Å². The zero-order chi connectivity index (χ0) is 33.3. The van der Waals surface area contributed by atoms with E-state index in [0.29, 0.717) is 11.8 Å². The highest BCUT2D eigenvalue weighted by Crippen LogP contribution is 2.41. The Balaban J connectivity index is 1.28. The second-order valence-corrected chi connectivity index (χ2v) is 12.1. The number of nitrogens with zero attached hydrogens (tertiary/aromatic N) is 6. The first kappa shape index (κ1) is 28.1. The molecule has 0 fully saturated rings. The van der Waals surface area contributed by atoms with Gasteiger partial charge in [-0.2, -0.15) is 0 Å². The monoisotopic (exact) mass is 650 g/mol. The smallest absolute Gasteiger partial charge is 0.213 e. The molecule has 0 saturated carbocycles. The summed E-state index contributed by atoms with van der Waals surface area (Å²) in [5, 5.41) is 4.03. The maximum atomic E-state index is 5.53. The third-order valence-electron chi connectivity index (χ3n) is 9.32. The zero-order valence-corrected chi connectivity index (χ0v) is 26.9. The van der Waals surface area contributed by atoms with Crippen LogP contribution in [0.1, 0.15) is 0 Å². The van der Waals surface area contributed by atoms with Crippen LogP contribution in [0.15, 0.2) is 110 Å². The third kappa shape index (κ3) is 4.21. The number of H-pyrrole nitrogens is 2. The van der Waals surface area contributed by atoms with E-state index in [4.69, 9.17) is 34.4 Å². The van der Waals surface area contributed by atoms with Crippen molar-refractivity contribution in [2.24, 2.45) is 0 Å². The molecule has 0 saturated heterocycles. The van der Waals surface area contributed by atoms with Gasteiger partial charge in [-0.3, -0.25) is 15.0 Å². The quantitative estimate of drug-likeness (QED) is 0.189. The molecule has 8 aromatic heterocycles. The summed E-state index contributed by atoms with van der Waals surface area (Å²) in [7, 11) is 3.25. The minimum Gasteiger partial charge on any atom is -0.481 e. The lowest BCUT2D eigenvalue weighted by molar-refractivity contribution is 0.399. The fourth-order valence-corrected chi connectivity index (χ4v) is 7.01. The molecule has 0 aliphatic heterocycles. The molecule has 10 rings (SSSR count). The third-order valence-corrected chi connectivity index (χ3v) is 9.32. The number of pyridine rings is 6. The minimum atomic E-state index is 0.534. The second-order valence-electron chi connectivity index (χ2n) is 12.1. The van der Waals surface area contributed by atoms with Gasteiger partial charge < -0.3 is 19.4 Å². The Bertz CT molecular complexity index is 2980. The molecule has 0 unspecified atom stereocenters. The SMILES string of the molecule is COc1ccc2[nH]c3c(-c4cc(-c5cc6c([nH]c7ccc(OC)nc76)c(-c6ccnc7cccnc67)n5)cc5ccccc45)nccc3c2n1. The first-order valence-corrected chi connectivity index (χ1v) is 16.1. The zero-order valence-electron chi connectivity index (χ0n) is 26.9. The molecule has 2 N–H and O–H groups in total. The van der Waals surface area contributed by atoms with Crippen molar-refractivity contribution in [3.8, 4) is 45.5 Å². The van der Waals surface area contributed by atoms with Crippen molar-refractivity contribution in [1.29, 1.82) is 0 Å². The maximum Gasteiger partial charge on any atom is 0.213 e. The van der Waals surface area contributed by atoms with E-state index >= 15 is 0 Å². The Morgan fingerprint density at radius 3 is 2.06 bits per heavy atom. The number of methoxy groups -OCH3 is 2. The Kier molecular flexibility index (Phi) is 6.07. The predicted octanol–water partition coefficient (Wildman–Crippen LogP) is 8.65. The van der Waals surface area contributed by atoms with Gasteiger partial charge in [-0.25, -0.2) is 15.0 Å². The normalized spacial score (nSPS) is 11.8. The van der Waals surface area contributed by atoms with Gasteiger partial charge in [0.05, 0.1) is 75.4 Å². The van der Waals surface area contributed by atoms with Crippen LogP contribution in [0.4, 0.5) is 0 Å². The molecule has 238 valence electrons. The number of fused-ring (bicyclic) bond motifs is 8. The van der Waals surface area contributed by atoms with Crippen molar-refractivity contribution in [2.75, 3.05) is 14.2 Å². The van der Waals surface area contributed by atoms with Crippen LogP contribution < -0.4 is 9.47 Å². The van der Waals surface area contributed by atoms with E-state index < -0.39 is 0 Å². The van der Waals surface area contributed by atoms with Gasteiger partial charge in [-0.05, 0) is 65.4 Å². The predicted molar refractivity (Wildman–Crippen MR) is 196 cm³/mol. The molecular formula is C40H26N8O2. The van der Waals surface area contributed by atoms with E-state index in [-0.39, 0.29) is 0 Å². The van der Waals surface area contributed by atoms with Gasteiger partial charge in [0.1, 0.15) is 0 Å². The Morgan fingerprint density at radius 1 is 0.520 bits per heavy atom. The van der Waals surface area contributed by atoms with Crippen molar-refractivity contribution in [2.45, 2.75) is 0 Å². The first-order chi connectivity index (χ1) is 24.7. The van der Waals surface area contributed by atoms with E-state index in [1.807, 2.05) is 54.7 Å². The molecule has 10 aromatic rings. The van der Waals surface area contributed by atoms with Crippen LogP contribution in [0, 0.1) is 0 Å². The number of hydrogen-bond acceptors (Lipinski definition) is 8. The highest BCUT2D eigenvalue weighted by molar-refractivity contribution is 6.14. The van der Waals surface area contributed by atoms with Gasteiger partial charge in [0.15, 0.2) is 0 Å². The number of hydrogen-bond donors (Lipinski definition) is 2. The highest BCUT2D eigenvalue weighted by Gasteiger charge is 2.21. The average Bonchev–Trinajstić information content (AvgIpc) is 3.74. The van der Waals surface area contributed by atoms with Crippen molar-refractivity contribution >= 4 is 65.7 Å². The molecule has 2 aromatic carbocycles. The van der Waals surface area contributed by atoms with E-state index in [1.54, 1.807) is 26.6 Å². The van der Waals surface area contributed by atoms with E-state index in [0.717, 1.165) is 99.5 Å². The molecular weight excluding hydrogens is 624 g/mol. The fraction of sp³-hybridized carbons (Fsp3) is 0.0500. The van der Waals surface area contributed by atoms with Crippen molar-refractivity contribution in [3.63, 3.8) is 0 Å². The lowest BCUT2D eigenvalue weighted by Crippen LogP contribution is -1.95. The van der Waals surface area contributed by atoms with Crippen LogP contribution in [-0.4, -0.2) is 54.1 Å². The van der Waals surface area contributed by atoms with Crippen LogP contribution in [-0.2, 0) is 0 Å². The molecule has 0 atom stereocenters.